The maximum atomic E-state index is 5.85. The van der Waals surface area contributed by atoms with Crippen molar-refractivity contribution in [2.45, 2.75) is 96.4 Å². The van der Waals surface area contributed by atoms with Crippen LogP contribution in [-0.4, -0.2) is 41.8 Å². The fourth-order valence-corrected chi connectivity index (χ4v) is 7.40. The Balaban J connectivity index is 1.33. The van der Waals surface area contributed by atoms with E-state index in [-0.39, 0.29) is 0 Å². The summed E-state index contributed by atoms with van der Waals surface area (Å²) in [5, 5.41) is 0. The molecule has 0 spiro atoms. The van der Waals surface area contributed by atoms with Crippen molar-refractivity contribution in [2.24, 2.45) is 0 Å². The molecule has 3 aliphatic heterocycles. The molecule has 3 fully saturated rings. The first kappa shape index (κ1) is 24.1. The van der Waals surface area contributed by atoms with E-state index in [1.54, 1.807) is 0 Å². The van der Waals surface area contributed by atoms with Gasteiger partial charge >= 0.3 is 0 Å². The van der Waals surface area contributed by atoms with Crippen LogP contribution in [0.5, 0.6) is 0 Å². The number of benzene rings is 2. The summed E-state index contributed by atoms with van der Waals surface area (Å²) in [7, 11) is 1.88. The summed E-state index contributed by atoms with van der Waals surface area (Å²) in [5.41, 5.74) is 10.6. The molecule has 3 atom stereocenters. The summed E-state index contributed by atoms with van der Waals surface area (Å²) in [6.07, 6.45) is 8.65. The Labute approximate surface area is 227 Å². The summed E-state index contributed by atoms with van der Waals surface area (Å²) >= 11 is 0. The fourth-order valence-electron chi connectivity index (χ4n) is 7.40. The molecule has 2 saturated heterocycles. The molecule has 0 amide bonds. The zero-order valence-electron chi connectivity index (χ0n) is 23.3. The molecule has 2 bridgehead atoms. The van der Waals surface area contributed by atoms with Crippen molar-refractivity contribution in [1.29, 1.82) is 0 Å². The molecular formula is C33H40N4O. The average molecular weight is 509 g/mol. The number of piperidine rings is 1. The molecular weight excluding hydrogens is 468 g/mol. The predicted molar refractivity (Wildman–Crippen MR) is 154 cm³/mol. The number of methoxy groups -OCH3 is 1. The number of ether oxygens (including phenoxy) is 1. The fraction of sp³-hybridized carbons (Fsp3) is 0.515. The Morgan fingerprint density at radius 2 is 1.61 bits per heavy atom. The molecule has 3 aromatic rings. The first-order chi connectivity index (χ1) is 18.5. The molecule has 0 N–H and O–H groups in total. The number of anilines is 2. The van der Waals surface area contributed by atoms with Crippen molar-refractivity contribution in [2.75, 3.05) is 23.5 Å². The van der Waals surface area contributed by atoms with Crippen molar-refractivity contribution < 1.29 is 4.74 Å². The van der Waals surface area contributed by atoms with E-state index in [1.165, 1.54) is 76.3 Å². The summed E-state index contributed by atoms with van der Waals surface area (Å²) < 4.78 is 5.85. The highest BCUT2D eigenvalue weighted by Gasteiger charge is 2.43. The second-order valence-corrected chi connectivity index (χ2v) is 12.2. The largest absolute Gasteiger partial charge is 0.381 e. The number of aryl methyl sites for hydroxylation is 3. The first-order valence-corrected chi connectivity index (χ1v) is 14.6. The van der Waals surface area contributed by atoms with Gasteiger partial charge in [0.05, 0.1) is 11.8 Å². The third-order valence-electron chi connectivity index (χ3n) is 9.63. The van der Waals surface area contributed by atoms with Crippen LogP contribution < -0.4 is 9.80 Å². The summed E-state index contributed by atoms with van der Waals surface area (Å²) in [6.45, 7) is 8.53. The zero-order valence-corrected chi connectivity index (χ0v) is 23.3. The van der Waals surface area contributed by atoms with E-state index < -0.39 is 0 Å². The topological polar surface area (TPSA) is 41.5 Å². The SMILES string of the molecule is CO[C@H]1C[C@H]2CC[C@@H](C1)N2c1nc(-c2c(C)cccc2C)nc2c1CN(c1cc(C3CC3)ccc1C)CC2. The molecule has 5 heteroatoms. The Hall–Kier alpha value is -2.92. The van der Waals surface area contributed by atoms with Crippen LogP contribution in [0.1, 0.15) is 78.0 Å². The van der Waals surface area contributed by atoms with E-state index in [0.717, 1.165) is 44.1 Å². The number of nitrogens with zero attached hydrogens (tertiary/aromatic N) is 4. The molecule has 198 valence electrons. The van der Waals surface area contributed by atoms with Crippen LogP contribution in [-0.2, 0) is 17.7 Å². The summed E-state index contributed by atoms with van der Waals surface area (Å²) in [4.78, 5) is 16.0. The number of hydrogen-bond acceptors (Lipinski definition) is 5. The van der Waals surface area contributed by atoms with E-state index in [0.29, 0.717) is 18.2 Å². The predicted octanol–water partition coefficient (Wildman–Crippen LogP) is 6.66. The van der Waals surface area contributed by atoms with Crippen LogP contribution in [0.2, 0.25) is 0 Å². The molecule has 1 aromatic heterocycles. The lowest BCUT2D eigenvalue weighted by molar-refractivity contribution is 0.0681. The molecule has 2 aromatic carbocycles. The van der Waals surface area contributed by atoms with Crippen molar-refractivity contribution in [3.8, 4) is 11.4 Å². The molecule has 1 aliphatic carbocycles. The average Bonchev–Trinajstić information content (AvgIpc) is 3.73. The lowest BCUT2D eigenvalue weighted by Gasteiger charge is -2.42. The van der Waals surface area contributed by atoms with Gasteiger partial charge in [0.1, 0.15) is 5.82 Å². The summed E-state index contributed by atoms with van der Waals surface area (Å²) in [5.74, 6) is 2.86. The van der Waals surface area contributed by atoms with Gasteiger partial charge in [-0.1, -0.05) is 30.3 Å². The van der Waals surface area contributed by atoms with Gasteiger partial charge in [0.2, 0.25) is 0 Å². The highest BCUT2D eigenvalue weighted by Crippen LogP contribution is 2.45. The molecule has 5 nitrogen and oxygen atoms in total. The Bertz CT molecular complexity index is 1350. The first-order valence-electron chi connectivity index (χ1n) is 14.6. The van der Waals surface area contributed by atoms with Crippen LogP contribution in [0.4, 0.5) is 11.5 Å². The quantitative estimate of drug-likeness (QED) is 0.386. The number of hydrogen-bond donors (Lipinski definition) is 0. The lowest BCUT2D eigenvalue weighted by atomic mass is 9.96. The van der Waals surface area contributed by atoms with E-state index in [4.69, 9.17) is 14.7 Å². The van der Waals surface area contributed by atoms with Crippen LogP contribution >= 0.6 is 0 Å². The Morgan fingerprint density at radius 3 is 2.29 bits per heavy atom. The maximum Gasteiger partial charge on any atom is 0.162 e. The standard InChI is InChI=1S/C33H40N4O/c1-20-8-9-24(23-10-11-23)16-30(20)36-15-14-29-28(19-36)33(37-25-12-13-26(37)18-27(17-25)38-4)35-32(34-29)31-21(2)6-5-7-22(31)3/h5-9,16,23,25-27H,10-15,17-19H2,1-4H3/t25-,26+,27+. The smallest absolute Gasteiger partial charge is 0.162 e. The third-order valence-corrected chi connectivity index (χ3v) is 9.63. The summed E-state index contributed by atoms with van der Waals surface area (Å²) in [6, 6.07) is 14.7. The molecule has 4 aliphatic rings. The molecule has 7 rings (SSSR count). The second-order valence-electron chi connectivity index (χ2n) is 12.2. The van der Waals surface area contributed by atoms with Gasteiger partial charge < -0.3 is 14.5 Å². The van der Waals surface area contributed by atoms with Crippen LogP contribution in [0.15, 0.2) is 36.4 Å². The minimum atomic E-state index is 0.365. The second kappa shape index (κ2) is 9.37. The normalized spacial score (nSPS) is 24.6. The number of rotatable bonds is 5. The highest BCUT2D eigenvalue weighted by molar-refractivity contribution is 5.69. The molecule has 38 heavy (non-hydrogen) atoms. The molecule has 0 unspecified atom stereocenters. The van der Waals surface area contributed by atoms with Gasteiger partial charge in [0.15, 0.2) is 5.82 Å². The van der Waals surface area contributed by atoms with E-state index >= 15 is 0 Å². The van der Waals surface area contributed by atoms with Crippen LogP contribution in [0.25, 0.3) is 11.4 Å². The maximum absolute atomic E-state index is 5.85. The number of aromatic nitrogens is 2. The van der Waals surface area contributed by atoms with Crippen LogP contribution in [0, 0.1) is 20.8 Å². The lowest BCUT2D eigenvalue weighted by Crippen LogP contribution is -2.47. The van der Waals surface area contributed by atoms with Gasteiger partial charge in [-0.3, -0.25) is 0 Å². The minimum absolute atomic E-state index is 0.365. The van der Waals surface area contributed by atoms with Gasteiger partial charge in [-0.05, 0) is 93.5 Å². The van der Waals surface area contributed by atoms with E-state index in [1.807, 2.05) is 7.11 Å². The zero-order chi connectivity index (χ0) is 26.0. The van der Waals surface area contributed by atoms with Crippen molar-refractivity contribution in [1.82, 2.24) is 9.97 Å². The van der Waals surface area contributed by atoms with Crippen molar-refractivity contribution in [3.05, 3.63) is 69.9 Å². The van der Waals surface area contributed by atoms with Gasteiger partial charge in [-0.25, -0.2) is 9.97 Å². The molecule has 1 saturated carbocycles. The van der Waals surface area contributed by atoms with Crippen molar-refractivity contribution in [3.63, 3.8) is 0 Å². The van der Waals surface area contributed by atoms with Gasteiger partial charge in [0, 0.05) is 55.5 Å². The van der Waals surface area contributed by atoms with E-state index in [9.17, 15) is 0 Å². The molecule has 0 radical (unpaired) electrons. The molecule has 4 heterocycles. The van der Waals surface area contributed by atoms with Gasteiger partial charge in [-0.2, -0.15) is 0 Å². The van der Waals surface area contributed by atoms with Crippen molar-refractivity contribution >= 4 is 11.5 Å². The minimum Gasteiger partial charge on any atom is -0.381 e. The Kier molecular flexibility index (Phi) is 5.95. The monoisotopic (exact) mass is 508 g/mol. The van der Waals surface area contributed by atoms with Gasteiger partial charge in [0.25, 0.3) is 0 Å². The third kappa shape index (κ3) is 4.10. The van der Waals surface area contributed by atoms with E-state index in [2.05, 4.69) is 67.0 Å². The van der Waals surface area contributed by atoms with Gasteiger partial charge in [-0.15, -0.1) is 0 Å². The Morgan fingerprint density at radius 1 is 0.868 bits per heavy atom. The highest BCUT2D eigenvalue weighted by atomic mass is 16.5. The number of fused-ring (bicyclic) bond motifs is 3. The van der Waals surface area contributed by atoms with Crippen LogP contribution in [0.3, 0.4) is 0 Å².